The Morgan fingerprint density at radius 1 is 1.33 bits per heavy atom. The van der Waals surface area contributed by atoms with E-state index in [1.165, 1.54) is 4.88 Å². The Morgan fingerprint density at radius 3 is 2.61 bits per heavy atom. The molecule has 0 aliphatic carbocycles. The monoisotopic (exact) mass is 301 g/mol. The van der Waals surface area contributed by atoms with Gasteiger partial charge in [-0.2, -0.15) is 0 Å². The molecule has 0 saturated carbocycles. The minimum Gasteiger partial charge on any atom is -0.397 e. The first-order valence-corrected chi connectivity index (χ1v) is 6.98. The molecule has 0 saturated heterocycles. The highest BCUT2D eigenvalue weighted by molar-refractivity contribution is 7.11. The first-order chi connectivity index (χ1) is 8.47. The number of nitrogens with one attached hydrogen (secondary N) is 1. The molecular formula is C12H13Cl2N3S. The summed E-state index contributed by atoms with van der Waals surface area (Å²) in [7, 11) is 0. The Bertz CT molecular complexity index is 568. The molecule has 96 valence electrons. The van der Waals surface area contributed by atoms with E-state index < -0.39 is 0 Å². The molecule has 0 fully saturated rings. The van der Waals surface area contributed by atoms with Crippen LogP contribution in [-0.2, 0) is 0 Å². The van der Waals surface area contributed by atoms with Crippen LogP contribution in [-0.4, -0.2) is 4.98 Å². The number of aryl methyl sites for hydroxylation is 1. The lowest BCUT2D eigenvalue weighted by molar-refractivity contribution is 0.870. The third-order valence-corrected chi connectivity index (χ3v) is 4.29. The van der Waals surface area contributed by atoms with Crippen LogP contribution in [0.4, 0.5) is 11.4 Å². The van der Waals surface area contributed by atoms with E-state index in [0.717, 1.165) is 10.7 Å². The molecule has 3 N–H and O–H groups in total. The molecule has 0 spiro atoms. The summed E-state index contributed by atoms with van der Waals surface area (Å²) < 4.78 is 0. The van der Waals surface area contributed by atoms with Gasteiger partial charge in [-0.05, 0) is 26.0 Å². The quantitative estimate of drug-likeness (QED) is 0.820. The number of rotatable bonds is 3. The molecule has 0 aliphatic rings. The van der Waals surface area contributed by atoms with Crippen LogP contribution >= 0.6 is 34.5 Å². The number of thiazole rings is 1. The summed E-state index contributed by atoms with van der Waals surface area (Å²) in [6.07, 6.45) is 1.86. The molecule has 1 atom stereocenters. The Hall–Kier alpha value is -0.970. The van der Waals surface area contributed by atoms with Crippen LogP contribution in [0.5, 0.6) is 0 Å². The van der Waals surface area contributed by atoms with Gasteiger partial charge in [0, 0.05) is 11.1 Å². The molecule has 1 aromatic heterocycles. The van der Waals surface area contributed by atoms with Gasteiger partial charge < -0.3 is 11.1 Å². The molecule has 0 amide bonds. The van der Waals surface area contributed by atoms with Crippen molar-refractivity contribution < 1.29 is 0 Å². The summed E-state index contributed by atoms with van der Waals surface area (Å²) in [4.78, 5) is 5.52. The number of aromatic nitrogens is 1. The van der Waals surface area contributed by atoms with E-state index in [1.54, 1.807) is 23.5 Å². The lowest BCUT2D eigenvalue weighted by atomic mass is 10.2. The highest BCUT2D eigenvalue weighted by atomic mass is 35.5. The lowest BCUT2D eigenvalue weighted by Crippen LogP contribution is -2.08. The van der Waals surface area contributed by atoms with Crippen LogP contribution in [0.3, 0.4) is 0 Å². The summed E-state index contributed by atoms with van der Waals surface area (Å²) in [5.74, 6) is 0. The Morgan fingerprint density at radius 2 is 2.00 bits per heavy atom. The van der Waals surface area contributed by atoms with Crippen molar-refractivity contribution >= 4 is 45.9 Å². The molecule has 18 heavy (non-hydrogen) atoms. The second kappa shape index (κ2) is 5.34. The van der Waals surface area contributed by atoms with Gasteiger partial charge in [-0.3, -0.25) is 0 Å². The lowest BCUT2D eigenvalue weighted by Gasteiger charge is -2.15. The van der Waals surface area contributed by atoms with Crippen molar-refractivity contribution in [2.24, 2.45) is 0 Å². The summed E-state index contributed by atoms with van der Waals surface area (Å²) in [6.45, 7) is 4.06. The highest BCUT2D eigenvalue weighted by Crippen LogP contribution is 2.33. The zero-order valence-corrected chi connectivity index (χ0v) is 12.3. The van der Waals surface area contributed by atoms with Crippen molar-refractivity contribution in [3.63, 3.8) is 0 Å². The summed E-state index contributed by atoms with van der Waals surface area (Å²) in [5.41, 5.74) is 7.24. The topological polar surface area (TPSA) is 50.9 Å². The minimum atomic E-state index is 0.0724. The maximum atomic E-state index is 5.98. The molecule has 2 aromatic rings. The van der Waals surface area contributed by atoms with Crippen LogP contribution in [0.25, 0.3) is 0 Å². The largest absolute Gasteiger partial charge is 0.397 e. The average molecular weight is 302 g/mol. The first-order valence-electron chi connectivity index (χ1n) is 5.40. The molecule has 6 heteroatoms. The summed E-state index contributed by atoms with van der Waals surface area (Å²) in [6, 6.07) is 3.45. The number of hydrogen-bond donors (Lipinski definition) is 2. The third-order valence-electron chi connectivity index (χ3n) is 2.47. The molecule has 0 aliphatic heterocycles. The van der Waals surface area contributed by atoms with Crippen LogP contribution in [0.15, 0.2) is 18.3 Å². The second-order valence-electron chi connectivity index (χ2n) is 4.03. The van der Waals surface area contributed by atoms with Gasteiger partial charge in [-0.1, -0.05) is 23.2 Å². The minimum absolute atomic E-state index is 0.0724. The van der Waals surface area contributed by atoms with Gasteiger partial charge in [0.25, 0.3) is 0 Å². The van der Waals surface area contributed by atoms with Crippen molar-refractivity contribution in [1.29, 1.82) is 0 Å². The summed E-state index contributed by atoms with van der Waals surface area (Å²) >= 11 is 13.5. The fourth-order valence-electron chi connectivity index (χ4n) is 1.55. The molecule has 1 heterocycles. The van der Waals surface area contributed by atoms with Gasteiger partial charge in [0.1, 0.15) is 5.01 Å². The molecule has 0 radical (unpaired) electrons. The maximum absolute atomic E-state index is 5.98. The van der Waals surface area contributed by atoms with E-state index in [-0.39, 0.29) is 6.04 Å². The van der Waals surface area contributed by atoms with Crippen LogP contribution in [0, 0.1) is 6.92 Å². The smallest absolute Gasteiger partial charge is 0.115 e. The van der Waals surface area contributed by atoms with Crippen molar-refractivity contribution in [3.8, 4) is 0 Å². The van der Waals surface area contributed by atoms with Crippen molar-refractivity contribution in [3.05, 3.63) is 38.3 Å². The number of benzene rings is 1. The number of nitrogen functional groups attached to an aromatic ring is 1. The van der Waals surface area contributed by atoms with Crippen LogP contribution in [0.2, 0.25) is 10.0 Å². The fraction of sp³-hybridized carbons (Fsp3) is 0.250. The van der Waals surface area contributed by atoms with Gasteiger partial charge in [0.05, 0.1) is 27.5 Å². The number of anilines is 2. The van der Waals surface area contributed by atoms with E-state index in [2.05, 4.69) is 10.3 Å². The van der Waals surface area contributed by atoms with E-state index in [9.17, 15) is 0 Å². The average Bonchev–Trinajstić information content (AvgIpc) is 2.73. The zero-order valence-electron chi connectivity index (χ0n) is 10.00. The van der Waals surface area contributed by atoms with Gasteiger partial charge in [0.15, 0.2) is 0 Å². The molecule has 1 aromatic carbocycles. The standard InChI is InChI=1S/C12H13Cl2N3S/c1-6-5-16-12(18-6)7(2)17-11-4-9(14)8(13)3-10(11)15/h3-5,7,17H,15H2,1-2H3. The first kappa shape index (κ1) is 13.5. The van der Waals surface area contributed by atoms with Crippen molar-refractivity contribution in [2.45, 2.75) is 19.9 Å². The number of halogens is 2. The fourth-order valence-corrected chi connectivity index (χ4v) is 2.67. The van der Waals surface area contributed by atoms with E-state index in [4.69, 9.17) is 28.9 Å². The van der Waals surface area contributed by atoms with E-state index >= 15 is 0 Å². The van der Waals surface area contributed by atoms with Gasteiger partial charge in [0.2, 0.25) is 0 Å². The third kappa shape index (κ3) is 2.88. The highest BCUT2D eigenvalue weighted by Gasteiger charge is 2.12. The second-order valence-corrected chi connectivity index (χ2v) is 6.11. The number of hydrogen-bond acceptors (Lipinski definition) is 4. The Kier molecular flexibility index (Phi) is 4.00. The molecule has 1 unspecified atom stereocenters. The Labute approximate surface area is 120 Å². The number of nitrogens with zero attached hydrogens (tertiary/aromatic N) is 1. The summed E-state index contributed by atoms with van der Waals surface area (Å²) in [5, 5.41) is 5.24. The molecule has 0 bridgehead atoms. The zero-order chi connectivity index (χ0) is 13.3. The normalized spacial score (nSPS) is 12.4. The van der Waals surface area contributed by atoms with Crippen LogP contribution < -0.4 is 11.1 Å². The Balaban J connectivity index is 2.21. The van der Waals surface area contributed by atoms with Crippen molar-refractivity contribution in [2.75, 3.05) is 11.1 Å². The maximum Gasteiger partial charge on any atom is 0.115 e. The predicted molar refractivity (Wildman–Crippen MR) is 79.8 cm³/mol. The SMILES string of the molecule is Cc1cnc(C(C)Nc2cc(Cl)c(Cl)cc2N)s1. The van der Waals surface area contributed by atoms with Gasteiger partial charge >= 0.3 is 0 Å². The molecular weight excluding hydrogens is 289 g/mol. The van der Waals surface area contributed by atoms with Gasteiger partial charge in [-0.15, -0.1) is 11.3 Å². The van der Waals surface area contributed by atoms with E-state index in [1.807, 2.05) is 20.0 Å². The number of nitrogens with two attached hydrogens (primary N) is 1. The van der Waals surface area contributed by atoms with Crippen LogP contribution in [0.1, 0.15) is 22.9 Å². The predicted octanol–water partition coefficient (Wildman–Crippen LogP) is 4.51. The van der Waals surface area contributed by atoms with E-state index in [0.29, 0.717) is 15.7 Å². The van der Waals surface area contributed by atoms with Gasteiger partial charge in [-0.25, -0.2) is 4.98 Å². The molecule has 3 nitrogen and oxygen atoms in total. The molecule has 2 rings (SSSR count). The van der Waals surface area contributed by atoms with Crippen molar-refractivity contribution in [1.82, 2.24) is 4.98 Å².